The van der Waals surface area contributed by atoms with Gasteiger partial charge in [0, 0.05) is 40.0 Å². The van der Waals surface area contributed by atoms with Gasteiger partial charge in [0.1, 0.15) is 6.17 Å². The summed E-state index contributed by atoms with van der Waals surface area (Å²) < 4.78 is 2.43. The molecule has 1 aliphatic carbocycles. The maximum Gasteiger partial charge on any atom is 0.156 e. The van der Waals surface area contributed by atoms with E-state index in [0.29, 0.717) is 12.3 Å². The fourth-order valence-electron chi connectivity index (χ4n) is 8.16. The third kappa shape index (κ3) is 4.67. The molecule has 1 aromatic heterocycles. The molecule has 7 aromatic rings. The summed E-state index contributed by atoms with van der Waals surface area (Å²) in [6.45, 7) is 0. The second-order valence-corrected chi connectivity index (χ2v) is 13.3. The number of hydrogen-bond acceptors (Lipinski definition) is 3. The number of aromatic nitrogens is 1. The van der Waals surface area contributed by atoms with E-state index in [1.165, 1.54) is 49.9 Å². The van der Waals surface area contributed by atoms with E-state index >= 15 is 0 Å². The number of fused-ring (bicyclic) bond motifs is 6. The van der Waals surface area contributed by atoms with E-state index in [1.54, 1.807) is 0 Å². The molecule has 3 heterocycles. The topological polar surface area (TPSA) is 32.9 Å². The predicted molar refractivity (Wildman–Crippen MR) is 208 cm³/mol. The molecule has 10 rings (SSSR count). The highest BCUT2D eigenvalue weighted by Crippen LogP contribution is 2.49. The van der Waals surface area contributed by atoms with Crippen molar-refractivity contribution < 1.29 is 0 Å². The van der Waals surface area contributed by atoms with Crippen LogP contribution >= 0.6 is 0 Å². The number of anilines is 2. The van der Waals surface area contributed by atoms with Gasteiger partial charge in [0.15, 0.2) is 5.84 Å². The Morgan fingerprint density at radius 3 is 2.02 bits per heavy atom. The zero-order valence-corrected chi connectivity index (χ0v) is 27.5. The Labute approximate surface area is 291 Å². The highest BCUT2D eigenvalue weighted by Gasteiger charge is 2.37. The van der Waals surface area contributed by atoms with Crippen LogP contribution in [-0.2, 0) is 0 Å². The first-order valence-corrected chi connectivity index (χ1v) is 17.4. The molecule has 3 unspecified atom stereocenters. The summed E-state index contributed by atoms with van der Waals surface area (Å²) in [6.07, 6.45) is 9.64. The minimum atomic E-state index is -0.141. The second-order valence-electron chi connectivity index (χ2n) is 13.3. The van der Waals surface area contributed by atoms with Gasteiger partial charge in [-0.3, -0.25) is 0 Å². The third-order valence-corrected chi connectivity index (χ3v) is 10.5. The zero-order valence-electron chi connectivity index (χ0n) is 27.5. The summed E-state index contributed by atoms with van der Waals surface area (Å²) in [5.41, 5.74) is 11.9. The summed E-state index contributed by atoms with van der Waals surface area (Å²) >= 11 is 0. The number of allylic oxidation sites excluding steroid dienone is 2. The number of rotatable bonds is 5. The van der Waals surface area contributed by atoms with Crippen LogP contribution in [0.2, 0.25) is 0 Å². The molecule has 0 amide bonds. The first-order valence-electron chi connectivity index (χ1n) is 17.4. The van der Waals surface area contributed by atoms with Crippen LogP contribution in [0.5, 0.6) is 0 Å². The van der Waals surface area contributed by atoms with Crippen molar-refractivity contribution in [1.82, 2.24) is 4.57 Å². The maximum atomic E-state index is 5.34. The number of nitrogens with zero attached hydrogens (tertiary/aromatic N) is 4. The van der Waals surface area contributed by atoms with Gasteiger partial charge in [-0.2, -0.15) is 0 Å². The predicted octanol–water partition coefficient (Wildman–Crippen LogP) is 11.0. The molecule has 4 heteroatoms. The monoisotopic (exact) mass is 642 g/mol. The van der Waals surface area contributed by atoms with Gasteiger partial charge >= 0.3 is 0 Å². The maximum absolute atomic E-state index is 5.34. The van der Waals surface area contributed by atoms with Crippen LogP contribution < -0.4 is 4.90 Å². The van der Waals surface area contributed by atoms with E-state index in [1.807, 2.05) is 6.07 Å². The molecule has 0 N–H and O–H groups in total. The van der Waals surface area contributed by atoms with Crippen LogP contribution in [0.3, 0.4) is 0 Å². The quantitative estimate of drug-likeness (QED) is 0.184. The highest BCUT2D eigenvalue weighted by molar-refractivity contribution is 6.15. The average molecular weight is 643 g/mol. The van der Waals surface area contributed by atoms with Gasteiger partial charge in [0.2, 0.25) is 0 Å². The lowest BCUT2D eigenvalue weighted by Gasteiger charge is -2.28. The van der Waals surface area contributed by atoms with E-state index in [9.17, 15) is 0 Å². The summed E-state index contributed by atoms with van der Waals surface area (Å²) in [7, 11) is 0. The van der Waals surface area contributed by atoms with Crippen molar-refractivity contribution >= 4 is 44.7 Å². The second kappa shape index (κ2) is 11.7. The minimum absolute atomic E-state index is 0.141. The molecule has 0 saturated carbocycles. The van der Waals surface area contributed by atoms with E-state index in [4.69, 9.17) is 9.98 Å². The molecule has 0 saturated heterocycles. The van der Waals surface area contributed by atoms with Crippen molar-refractivity contribution in [3.63, 3.8) is 0 Å². The lowest BCUT2D eigenvalue weighted by Crippen LogP contribution is -2.28. The molecule has 6 aromatic carbocycles. The van der Waals surface area contributed by atoms with Crippen LogP contribution in [0.1, 0.15) is 35.2 Å². The normalized spacial score (nSPS) is 19.4. The SMILES string of the molecule is C1=CC2c3cc(-c4ccc5c(c4)c4ccccc4n5C4CC(c5ccccc5)=NC(c5ccccc5)=N4)ccc3N(c3ccccc3)C2C=C1. The van der Waals surface area contributed by atoms with Gasteiger partial charge in [-0.25, -0.2) is 9.98 Å². The van der Waals surface area contributed by atoms with E-state index < -0.39 is 0 Å². The van der Waals surface area contributed by atoms with Gasteiger partial charge in [0.05, 0.1) is 22.8 Å². The fourth-order valence-corrected chi connectivity index (χ4v) is 8.16. The molecule has 2 aliphatic heterocycles. The van der Waals surface area contributed by atoms with Crippen molar-refractivity contribution in [3.05, 3.63) is 193 Å². The van der Waals surface area contributed by atoms with Crippen LogP contribution in [0.25, 0.3) is 32.9 Å². The third-order valence-electron chi connectivity index (χ3n) is 10.5. The number of benzene rings is 6. The van der Waals surface area contributed by atoms with E-state index in [2.05, 4.69) is 179 Å². The Hall–Kier alpha value is -6.26. The molecular weight excluding hydrogens is 609 g/mol. The molecule has 0 radical (unpaired) electrons. The molecule has 0 spiro atoms. The first-order chi connectivity index (χ1) is 24.8. The summed E-state index contributed by atoms with van der Waals surface area (Å²) in [4.78, 5) is 12.9. The van der Waals surface area contributed by atoms with E-state index in [0.717, 1.165) is 22.7 Å². The Morgan fingerprint density at radius 1 is 0.540 bits per heavy atom. The van der Waals surface area contributed by atoms with Crippen molar-refractivity contribution in [2.24, 2.45) is 9.98 Å². The first kappa shape index (κ1) is 28.7. The van der Waals surface area contributed by atoms with Gasteiger partial charge < -0.3 is 9.47 Å². The smallest absolute Gasteiger partial charge is 0.156 e. The molecule has 0 bridgehead atoms. The lowest BCUT2D eigenvalue weighted by molar-refractivity contribution is 0.572. The summed E-state index contributed by atoms with van der Waals surface area (Å²) in [5.74, 6) is 1.08. The standard InChI is InChI=1S/C46H34N4/c1-4-14-31(15-5-1)40-30-45(48-46(47-40)32-16-6-2-7-17-32)50-42-23-13-11-21-37(42)39-29-34(25-27-44(39)50)33-24-26-43-38(28-33)36-20-10-12-22-41(36)49(43)35-18-8-3-9-19-35/h1-29,36,41,45H,30H2. The molecule has 0 fully saturated rings. The number of para-hydroxylation sites is 2. The number of amidine groups is 1. The molecule has 238 valence electrons. The zero-order chi connectivity index (χ0) is 33.0. The Bertz CT molecular complexity index is 2520. The van der Waals surface area contributed by atoms with Crippen LogP contribution in [0.15, 0.2) is 186 Å². The number of aliphatic imine (C=N–C) groups is 2. The Balaban J connectivity index is 1.10. The molecular formula is C46H34N4. The average Bonchev–Trinajstić information content (AvgIpc) is 3.71. The summed E-state index contributed by atoms with van der Waals surface area (Å²) in [5, 5.41) is 2.48. The lowest BCUT2D eigenvalue weighted by atomic mass is 9.89. The van der Waals surface area contributed by atoms with E-state index in [-0.39, 0.29) is 12.2 Å². The van der Waals surface area contributed by atoms with Crippen molar-refractivity contribution in [1.29, 1.82) is 0 Å². The van der Waals surface area contributed by atoms with Gasteiger partial charge in [0.25, 0.3) is 0 Å². The van der Waals surface area contributed by atoms with Gasteiger partial charge in [-0.1, -0.05) is 133 Å². The Kier molecular flexibility index (Phi) is 6.73. The molecule has 3 atom stereocenters. The van der Waals surface area contributed by atoms with Gasteiger partial charge in [-0.15, -0.1) is 0 Å². The molecule has 50 heavy (non-hydrogen) atoms. The van der Waals surface area contributed by atoms with Crippen LogP contribution in [0, 0.1) is 0 Å². The van der Waals surface area contributed by atoms with Crippen LogP contribution in [0.4, 0.5) is 11.4 Å². The largest absolute Gasteiger partial charge is 0.333 e. The van der Waals surface area contributed by atoms with Crippen molar-refractivity contribution in [2.45, 2.75) is 24.5 Å². The van der Waals surface area contributed by atoms with Crippen LogP contribution in [-0.4, -0.2) is 22.2 Å². The van der Waals surface area contributed by atoms with Crippen molar-refractivity contribution in [2.75, 3.05) is 4.90 Å². The van der Waals surface area contributed by atoms with Crippen molar-refractivity contribution in [3.8, 4) is 11.1 Å². The highest BCUT2D eigenvalue weighted by atomic mass is 15.2. The molecule has 4 nitrogen and oxygen atoms in total. The fraction of sp³-hybridized carbons (Fsp3) is 0.0870. The number of hydrogen-bond donors (Lipinski definition) is 0. The molecule has 3 aliphatic rings. The summed E-state index contributed by atoms with van der Waals surface area (Å²) in [6, 6.07) is 54.7. The minimum Gasteiger partial charge on any atom is -0.333 e. The van der Waals surface area contributed by atoms with Gasteiger partial charge in [-0.05, 0) is 64.7 Å². The Morgan fingerprint density at radius 2 is 1.20 bits per heavy atom.